The summed E-state index contributed by atoms with van der Waals surface area (Å²) in [5.41, 5.74) is 11.4. The number of hydrogen-bond donors (Lipinski definition) is 7. The second-order valence-corrected chi connectivity index (χ2v) is 9.88. The van der Waals surface area contributed by atoms with E-state index in [1.165, 1.54) is 11.8 Å². The van der Waals surface area contributed by atoms with Crippen molar-refractivity contribution in [1.82, 2.24) is 16.0 Å². The Morgan fingerprint density at radius 1 is 0.743 bits per heavy atom. The maximum atomic E-state index is 13.0. The second kappa shape index (κ2) is 19.2. The molecule has 0 aromatic rings. The summed E-state index contributed by atoms with van der Waals surface area (Å²) in [5, 5.41) is 25.7. The highest BCUT2D eigenvalue weighted by atomic mass is 32.2. The summed E-state index contributed by atoms with van der Waals surface area (Å²) in [5.74, 6) is -3.20. The summed E-state index contributed by atoms with van der Waals surface area (Å²) in [4.78, 5) is 60.6. The topological polar surface area (TPSA) is 214 Å². The molecule has 0 rings (SSSR count). The minimum absolute atomic E-state index is 0.209. The Kier molecular flexibility index (Phi) is 18.1. The van der Waals surface area contributed by atoms with Gasteiger partial charge in [-0.05, 0) is 69.1 Å². The third-order valence-corrected chi connectivity index (χ3v) is 6.34. The number of hydrogen-bond acceptors (Lipinski definition) is 9. The Labute approximate surface area is 214 Å². The van der Waals surface area contributed by atoms with E-state index < -0.39 is 60.2 Å². The largest absolute Gasteiger partial charge is 0.481 e. The van der Waals surface area contributed by atoms with Crippen LogP contribution in [0, 0.1) is 0 Å². The van der Waals surface area contributed by atoms with E-state index in [0.29, 0.717) is 37.3 Å². The smallest absolute Gasteiger partial charge is 0.326 e. The number of amides is 3. The number of carbonyl (C=O) groups excluding carboxylic acids is 3. The van der Waals surface area contributed by atoms with Crippen LogP contribution in [0.15, 0.2) is 0 Å². The van der Waals surface area contributed by atoms with Crippen LogP contribution in [0.4, 0.5) is 0 Å². The molecule has 0 aliphatic carbocycles. The summed E-state index contributed by atoms with van der Waals surface area (Å²) in [6.07, 6.45) is 5.11. The molecule has 0 fully saturated rings. The zero-order valence-corrected chi connectivity index (χ0v) is 21.9. The van der Waals surface area contributed by atoms with Gasteiger partial charge in [0.2, 0.25) is 17.7 Å². The lowest BCUT2D eigenvalue weighted by Gasteiger charge is -2.25. The Bertz CT molecular complexity index is 699. The van der Waals surface area contributed by atoms with Crippen molar-refractivity contribution >= 4 is 53.2 Å². The van der Waals surface area contributed by atoms with Crippen molar-refractivity contribution in [2.75, 3.05) is 30.6 Å². The second-order valence-electron chi connectivity index (χ2n) is 7.91. The van der Waals surface area contributed by atoms with Crippen LogP contribution in [0.1, 0.15) is 44.9 Å². The van der Waals surface area contributed by atoms with Gasteiger partial charge >= 0.3 is 11.9 Å². The van der Waals surface area contributed by atoms with Gasteiger partial charge in [0.15, 0.2) is 0 Å². The Morgan fingerprint density at radius 3 is 1.77 bits per heavy atom. The van der Waals surface area contributed by atoms with Gasteiger partial charge in [-0.3, -0.25) is 19.2 Å². The monoisotopic (exact) mass is 537 g/mol. The van der Waals surface area contributed by atoms with Gasteiger partial charge in [-0.2, -0.15) is 23.5 Å². The number of carbonyl (C=O) groups is 5. The molecule has 0 saturated heterocycles. The summed E-state index contributed by atoms with van der Waals surface area (Å²) in [7, 11) is 0. The molecule has 0 heterocycles. The van der Waals surface area contributed by atoms with Crippen LogP contribution >= 0.6 is 23.5 Å². The molecule has 3 amide bonds. The lowest BCUT2D eigenvalue weighted by atomic mass is 10.1. The van der Waals surface area contributed by atoms with Crippen LogP contribution in [-0.2, 0) is 24.0 Å². The van der Waals surface area contributed by atoms with Gasteiger partial charge in [0.25, 0.3) is 0 Å². The van der Waals surface area contributed by atoms with E-state index in [1.807, 2.05) is 12.5 Å². The molecule has 9 N–H and O–H groups in total. The van der Waals surface area contributed by atoms with Crippen LogP contribution in [0.5, 0.6) is 0 Å². The maximum absolute atomic E-state index is 13.0. The van der Waals surface area contributed by atoms with E-state index in [9.17, 15) is 29.1 Å². The summed E-state index contributed by atoms with van der Waals surface area (Å²) >= 11 is 2.98. The normalized spacial score (nSPS) is 14.3. The molecule has 0 aliphatic heterocycles. The van der Waals surface area contributed by atoms with E-state index in [0.717, 1.165) is 0 Å². The van der Waals surface area contributed by atoms with Gasteiger partial charge in [-0.1, -0.05) is 0 Å². The van der Waals surface area contributed by atoms with Crippen LogP contribution in [-0.4, -0.2) is 94.6 Å². The average molecular weight is 538 g/mol. The molecule has 4 unspecified atom stereocenters. The molecular formula is C21H39N5O7S2. The van der Waals surface area contributed by atoms with E-state index in [-0.39, 0.29) is 19.3 Å². The summed E-state index contributed by atoms with van der Waals surface area (Å²) in [6, 6.07) is -4.21. The minimum atomic E-state index is -1.42. The molecule has 0 bridgehead atoms. The van der Waals surface area contributed by atoms with Crippen LogP contribution in [0.25, 0.3) is 0 Å². The predicted octanol–water partition coefficient (Wildman–Crippen LogP) is -0.647. The van der Waals surface area contributed by atoms with Gasteiger partial charge in [0.05, 0.1) is 6.04 Å². The molecule has 0 radical (unpaired) electrons. The molecule has 4 atom stereocenters. The van der Waals surface area contributed by atoms with Gasteiger partial charge in [0.1, 0.15) is 18.1 Å². The van der Waals surface area contributed by atoms with Crippen molar-refractivity contribution in [3.63, 3.8) is 0 Å². The van der Waals surface area contributed by atoms with Crippen molar-refractivity contribution in [3.05, 3.63) is 0 Å². The quantitative estimate of drug-likeness (QED) is 0.0969. The SMILES string of the molecule is CSCCC(N)C(=O)NC(CCCCN)C(=O)NC(CCSC)C(=O)NC(CCC(=O)O)C(=O)O. The van der Waals surface area contributed by atoms with Gasteiger partial charge in [0, 0.05) is 6.42 Å². The lowest BCUT2D eigenvalue weighted by Crippen LogP contribution is -2.57. The van der Waals surface area contributed by atoms with Crippen molar-refractivity contribution in [2.45, 2.75) is 69.1 Å². The van der Waals surface area contributed by atoms with Crippen molar-refractivity contribution in [2.24, 2.45) is 11.5 Å². The fraction of sp³-hybridized carbons (Fsp3) is 0.762. The van der Waals surface area contributed by atoms with Crippen molar-refractivity contribution in [3.8, 4) is 0 Å². The maximum Gasteiger partial charge on any atom is 0.326 e. The molecule has 14 heteroatoms. The van der Waals surface area contributed by atoms with E-state index in [2.05, 4.69) is 16.0 Å². The predicted molar refractivity (Wildman–Crippen MR) is 137 cm³/mol. The first-order valence-corrected chi connectivity index (χ1v) is 14.1. The Morgan fingerprint density at radius 2 is 1.26 bits per heavy atom. The number of carboxylic acid groups (broad SMARTS) is 2. The number of carboxylic acids is 2. The molecular weight excluding hydrogens is 498 g/mol. The van der Waals surface area contributed by atoms with E-state index in [1.54, 1.807) is 11.8 Å². The molecule has 0 aliphatic rings. The third-order valence-electron chi connectivity index (χ3n) is 5.05. The molecule has 12 nitrogen and oxygen atoms in total. The van der Waals surface area contributed by atoms with E-state index >= 15 is 0 Å². The fourth-order valence-electron chi connectivity index (χ4n) is 2.99. The Hall–Kier alpha value is -2.03. The van der Waals surface area contributed by atoms with Crippen LogP contribution in [0.3, 0.4) is 0 Å². The first-order valence-electron chi connectivity index (χ1n) is 11.4. The fourth-order valence-corrected chi connectivity index (χ4v) is 3.95. The zero-order chi connectivity index (χ0) is 26.8. The molecule has 0 saturated carbocycles. The third kappa shape index (κ3) is 14.9. The number of nitrogens with one attached hydrogen (secondary N) is 3. The van der Waals surface area contributed by atoms with Crippen LogP contribution < -0.4 is 27.4 Å². The summed E-state index contributed by atoms with van der Waals surface area (Å²) in [6.45, 7) is 0.418. The highest BCUT2D eigenvalue weighted by Crippen LogP contribution is 2.08. The standard InChI is InChI=1S/C21H39N5O7S2/c1-34-11-8-13(23)18(29)24-14(5-3-4-10-22)19(30)25-15(9-12-35-2)20(31)26-16(21(32)33)6-7-17(27)28/h13-16H,3-12,22-23H2,1-2H3,(H,24,29)(H,25,30)(H,26,31)(H,27,28)(H,32,33). The van der Waals surface area contributed by atoms with Crippen LogP contribution in [0.2, 0.25) is 0 Å². The number of rotatable bonds is 20. The first kappa shape index (κ1) is 33.0. The van der Waals surface area contributed by atoms with Crippen molar-refractivity contribution < 1.29 is 34.2 Å². The minimum Gasteiger partial charge on any atom is -0.481 e. The van der Waals surface area contributed by atoms with Gasteiger partial charge in [-0.25, -0.2) is 4.79 Å². The van der Waals surface area contributed by atoms with Gasteiger partial charge in [-0.15, -0.1) is 0 Å². The number of aliphatic carboxylic acids is 2. The summed E-state index contributed by atoms with van der Waals surface area (Å²) < 4.78 is 0. The molecule has 0 spiro atoms. The highest BCUT2D eigenvalue weighted by molar-refractivity contribution is 7.98. The Balaban J connectivity index is 5.43. The molecule has 202 valence electrons. The molecule has 0 aromatic heterocycles. The van der Waals surface area contributed by atoms with E-state index in [4.69, 9.17) is 16.6 Å². The number of unbranched alkanes of at least 4 members (excludes halogenated alkanes) is 1. The molecule has 0 aromatic carbocycles. The zero-order valence-electron chi connectivity index (χ0n) is 20.3. The number of nitrogens with two attached hydrogens (primary N) is 2. The average Bonchev–Trinajstić information content (AvgIpc) is 2.81. The molecule has 35 heavy (non-hydrogen) atoms. The first-order chi connectivity index (χ1) is 16.6. The lowest BCUT2D eigenvalue weighted by molar-refractivity contribution is -0.143. The number of thioether (sulfide) groups is 2. The van der Waals surface area contributed by atoms with Gasteiger partial charge < -0.3 is 37.6 Å². The highest BCUT2D eigenvalue weighted by Gasteiger charge is 2.30. The van der Waals surface area contributed by atoms with Crippen molar-refractivity contribution in [1.29, 1.82) is 0 Å².